The van der Waals surface area contributed by atoms with Crippen molar-refractivity contribution >= 4 is 86.5 Å². The average Bonchev–Trinajstić information content (AvgIpc) is 4.07. The van der Waals surface area contributed by atoms with Crippen LogP contribution in [0.15, 0.2) is 95.9 Å². The minimum absolute atomic E-state index is 0.0893. The number of piperazine rings is 1. The molecule has 5 aliphatic heterocycles. The lowest BCUT2D eigenvalue weighted by atomic mass is 9.95. The summed E-state index contributed by atoms with van der Waals surface area (Å²) < 4.78 is 36.9. The number of fused-ring (bicyclic) bond motifs is 1. The number of anilines is 6. The number of halogens is 2. The molecule has 18 nitrogen and oxygen atoms in total. The Bertz CT molecular complexity index is 3370. The fraction of sp³-hybridized carbons (Fsp3) is 0.386. The zero-order chi connectivity index (χ0) is 54.4. The summed E-state index contributed by atoms with van der Waals surface area (Å²) in [5.74, 6) is -0.359. The SMILES string of the molecule is COc1cc(N2CCC(N3CCN(CC4CCN(c5ccc6c(c5)C(=O)N(C5CCC(=O)NC5=O)C6=O)CC4)CC3)CC2)c(-c2cnn(C)c2)cc1Nc1ncc(Br)c(Nc2ccc(-c3ccccc3F)cc2P(C)(C)=O)n1. The molecule has 4 saturated heterocycles. The number of rotatable bonds is 14. The Morgan fingerprint density at radius 1 is 0.769 bits per heavy atom. The van der Waals surface area contributed by atoms with Gasteiger partial charge in [-0.3, -0.25) is 39.0 Å². The van der Waals surface area contributed by atoms with Gasteiger partial charge in [0.05, 0.1) is 40.3 Å². The van der Waals surface area contributed by atoms with E-state index in [2.05, 4.69) is 73.7 Å². The number of ether oxygens (including phenoxy) is 1. The van der Waals surface area contributed by atoms with Crippen molar-refractivity contribution in [1.29, 1.82) is 0 Å². The Hall–Kier alpha value is -6.99. The number of aryl methyl sites for hydroxylation is 1. The summed E-state index contributed by atoms with van der Waals surface area (Å²) in [6.45, 7) is 12.1. The van der Waals surface area contributed by atoms with Gasteiger partial charge in [-0.15, -0.1) is 0 Å². The van der Waals surface area contributed by atoms with E-state index in [1.165, 1.54) is 6.07 Å². The molecule has 6 aromatic rings. The molecule has 0 spiro atoms. The second kappa shape index (κ2) is 22.0. The zero-order valence-corrected chi connectivity index (χ0v) is 46.7. The van der Waals surface area contributed by atoms with Gasteiger partial charge in [-0.05, 0) is 115 Å². The molecule has 7 heterocycles. The normalized spacial score (nSPS) is 19.1. The van der Waals surface area contributed by atoms with Crippen molar-refractivity contribution in [2.45, 2.75) is 50.6 Å². The molecule has 3 N–H and O–H groups in total. The van der Waals surface area contributed by atoms with Gasteiger partial charge in [-0.2, -0.15) is 10.1 Å². The summed E-state index contributed by atoms with van der Waals surface area (Å²) in [7, 11) is 0.720. The number of nitrogens with zero attached hydrogens (tertiary/aromatic N) is 9. The van der Waals surface area contributed by atoms with Gasteiger partial charge in [0.2, 0.25) is 17.8 Å². The van der Waals surface area contributed by atoms with E-state index in [0.717, 1.165) is 112 Å². The highest BCUT2D eigenvalue weighted by Gasteiger charge is 2.45. The van der Waals surface area contributed by atoms with Crippen LogP contribution in [0.1, 0.15) is 59.2 Å². The predicted octanol–water partition coefficient (Wildman–Crippen LogP) is 8.09. The zero-order valence-electron chi connectivity index (χ0n) is 44.2. The Morgan fingerprint density at radius 3 is 2.22 bits per heavy atom. The Balaban J connectivity index is 0.701. The predicted molar refractivity (Wildman–Crippen MR) is 304 cm³/mol. The van der Waals surface area contributed by atoms with E-state index in [9.17, 15) is 28.1 Å². The number of carbonyl (C=O) groups excluding carboxylic acids is 4. The largest absolute Gasteiger partial charge is 0.494 e. The van der Waals surface area contributed by atoms with Gasteiger partial charge in [0.25, 0.3) is 11.8 Å². The fourth-order valence-electron chi connectivity index (χ4n) is 11.8. The van der Waals surface area contributed by atoms with E-state index in [1.807, 2.05) is 25.5 Å². The molecule has 5 aliphatic rings. The Kier molecular flexibility index (Phi) is 15.0. The lowest BCUT2D eigenvalue weighted by Gasteiger charge is -2.44. The van der Waals surface area contributed by atoms with Crippen molar-refractivity contribution in [1.82, 2.24) is 39.8 Å². The average molecular weight is 1140 g/mol. The molecule has 4 fully saturated rings. The number of amides is 4. The number of nitrogens with one attached hydrogen (secondary N) is 3. The number of aromatic nitrogens is 4. The molecular formula is C57H63BrFN12O6P. The van der Waals surface area contributed by atoms with Crippen molar-refractivity contribution in [2.24, 2.45) is 13.0 Å². The standard InChI is InChI=1S/C57H63BrFN12O6P/c1-66-34-37(31-61-66)42-29-47(63-57-60-32-44(58)53(65-57)62-46-12-9-36(27-51(46)78(3,4)76)40-7-5-6-8-45(40)59)50(77-2)30-49(42)70-21-17-38(18-22-70)69-25-23-67(24-26-69)33-35-15-19-68(20-16-35)39-10-11-41-43(28-39)56(75)71(55(41)74)48-13-14-52(72)64-54(48)73/h5-12,27-32,34-35,38,48H,13-26,33H2,1-4H3,(H,64,72,73)(H2,60,62,63,65). The Morgan fingerprint density at radius 2 is 1.51 bits per heavy atom. The van der Waals surface area contributed by atoms with E-state index in [4.69, 9.17) is 9.72 Å². The molecule has 0 aliphatic carbocycles. The van der Waals surface area contributed by atoms with Gasteiger partial charge in [0, 0.05) is 130 Å². The summed E-state index contributed by atoms with van der Waals surface area (Å²) in [6, 6.07) is 21.0. The molecule has 0 radical (unpaired) electrons. The van der Waals surface area contributed by atoms with Crippen LogP contribution in [0.3, 0.4) is 0 Å². The van der Waals surface area contributed by atoms with Crippen molar-refractivity contribution in [3.63, 3.8) is 0 Å². The lowest BCUT2D eigenvalue weighted by molar-refractivity contribution is -0.136. The number of hydrogen-bond acceptors (Lipinski definition) is 15. The van der Waals surface area contributed by atoms with Crippen LogP contribution in [0.4, 0.5) is 38.9 Å². The van der Waals surface area contributed by atoms with Gasteiger partial charge in [0.15, 0.2) is 0 Å². The number of carbonyl (C=O) groups is 4. The highest BCUT2D eigenvalue weighted by atomic mass is 79.9. The maximum Gasteiger partial charge on any atom is 0.262 e. The van der Waals surface area contributed by atoms with Crippen LogP contribution < -0.4 is 35.8 Å². The van der Waals surface area contributed by atoms with Gasteiger partial charge >= 0.3 is 0 Å². The van der Waals surface area contributed by atoms with Gasteiger partial charge in [-0.1, -0.05) is 24.3 Å². The summed E-state index contributed by atoms with van der Waals surface area (Å²) >= 11 is 3.61. The van der Waals surface area contributed by atoms with Crippen molar-refractivity contribution in [3.05, 3.63) is 113 Å². The third-order valence-electron chi connectivity index (χ3n) is 16.0. The van der Waals surface area contributed by atoms with E-state index >= 15 is 0 Å². The lowest BCUT2D eigenvalue weighted by Crippen LogP contribution is -2.54. The smallest absolute Gasteiger partial charge is 0.262 e. The van der Waals surface area contributed by atoms with Crippen molar-refractivity contribution in [2.75, 3.05) is 99.8 Å². The van der Waals surface area contributed by atoms with Crippen LogP contribution in [0.25, 0.3) is 22.3 Å². The summed E-state index contributed by atoms with van der Waals surface area (Å²) in [5.41, 5.74) is 6.87. The number of piperidine rings is 3. The minimum Gasteiger partial charge on any atom is -0.494 e. The van der Waals surface area contributed by atoms with Crippen molar-refractivity contribution in [3.8, 4) is 28.0 Å². The first-order valence-electron chi connectivity index (χ1n) is 26.6. The van der Waals surface area contributed by atoms with Gasteiger partial charge in [0.1, 0.15) is 30.6 Å². The topological polar surface area (TPSA) is 190 Å². The first-order chi connectivity index (χ1) is 37.6. The van der Waals surface area contributed by atoms with Gasteiger partial charge in [-0.25, -0.2) is 9.37 Å². The number of methoxy groups -OCH3 is 1. The first-order valence-corrected chi connectivity index (χ1v) is 30.0. The highest BCUT2D eigenvalue weighted by molar-refractivity contribution is 9.10. The molecule has 0 saturated carbocycles. The molecule has 4 aromatic carbocycles. The van der Waals surface area contributed by atoms with Crippen LogP contribution >= 0.6 is 23.1 Å². The molecular weight excluding hydrogens is 1080 g/mol. The Labute approximate surface area is 461 Å². The number of hydrogen-bond donors (Lipinski definition) is 3. The molecule has 78 heavy (non-hydrogen) atoms. The van der Waals surface area contributed by atoms with Crippen LogP contribution in [-0.2, 0) is 21.2 Å². The monoisotopic (exact) mass is 1140 g/mol. The van der Waals surface area contributed by atoms with E-state index < -0.39 is 36.8 Å². The first kappa shape index (κ1) is 53.0. The van der Waals surface area contributed by atoms with Crippen LogP contribution in [0, 0.1) is 11.7 Å². The van der Waals surface area contributed by atoms with Gasteiger partial charge < -0.3 is 34.6 Å². The van der Waals surface area contributed by atoms with E-state index in [0.29, 0.717) is 72.9 Å². The van der Waals surface area contributed by atoms with E-state index in [-0.39, 0.29) is 18.7 Å². The molecule has 4 amide bonds. The van der Waals surface area contributed by atoms with Crippen LogP contribution in [0.2, 0.25) is 0 Å². The molecule has 21 heteroatoms. The quantitative estimate of drug-likeness (QED) is 0.0700. The third kappa shape index (κ3) is 10.9. The van der Waals surface area contributed by atoms with Crippen LogP contribution in [-0.4, -0.2) is 150 Å². The summed E-state index contributed by atoms with van der Waals surface area (Å²) in [6.07, 6.45) is 9.90. The molecule has 11 rings (SSSR count). The maximum atomic E-state index is 14.8. The third-order valence-corrected chi connectivity index (χ3v) is 18.1. The molecule has 1 atom stereocenters. The molecule has 406 valence electrons. The second-order valence-corrected chi connectivity index (χ2v) is 25.4. The molecule has 2 aromatic heterocycles. The summed E-state index contributed by atoms with van der Waals surface area (Å²) in [4.78, 5) is 71.5. The molecule has 0 bridgehead atoms. The van der Waals surface area contributed by atoms with Crippen molar-refractivity contribution < 1.29 is 32.9 Å². The molecule has 1 unspecified atom stereocenters. The fourth-order valence-corrected chi connectivity index (χ4v) is 13.2. The second-order valence-electron chi connectivity index (χ2n) is 21.3. The maximum absolute atomic E-state index is 14.8. The minimum atomic E-state index is -2.85. The number of benzene rings is 4. The summed E-state index contributed by atoms with van der Waals surface area (Å²) in [5, 5.41) is 14.1. The number of imide groups is 2. The van der Waals surface area contributed by atoms with E-state index in [1.54, 1.807) is 79.8 Å². The highest BCUT2D eigenvalue weighted by Crippen LogP contribution is 2.44. The van der Waals surface area contributed by atoms with Crippen LogP contribution in [0.5, 0.6) is 5.75 Å².